The highest BCUT2D eigenvalue weighted by molar-refractivity contribution is 6.31. The molecule has 1 unspecified atom stereocenters. The molecule has 30 heavy (non-hydrogen) atoms. The van der Waals surface area contributed by atoms with Crippen LogP contribution in [-0.2, 0) is 16.0 Å². The molecule has 3 heterocycles. The third kappa shape index (κ3) is 3.66. The molecule has 1 saturated carbocycles. The molecule has 1 amide bonds. The van der Waals surface area contributed by atoms with E-state index in [2.05, 4.69) is 11.9 Å². The van der Waals surface area contributed by atoms with Gasteiger partial charge in [0.25, 0.3) is 0 Å². The van der Waals surface area contributed by atoms with Crippen molar-refractivity contribution in [2.75, 3.05) is 19.7 Å². The van der Waals surface area contributed by atoms with Crippen molar-refractivity contribution in [3.63, 3.8) is 0 Å². The number of halogens is 2. The fourth-order valence-corrected chi connectivity index (χ4v) is 5.65. The van der Waals surface area contributed by atoms with Crippen LogP contribution in [0, 0.1) is 11.7 Å². The predicted octanol–water partition coefficient (Wildman–Crippen LogP) is 4.78. The summed E-state index contributed by atoms with van der Waals surface area (Å²) in [7, 11) is 0. The first-order chi connectivity index (χ1) is 14.3. The maximum absolute atomic E-state index is 13.7. The molecular weight excluding hydrogens is 409 g/mol. The van der Waals surface area contributed by atoms with Crippen LogP contribution in [0.5, 0.6) is 0 Å². The molecule has 0 radical (unpaired) electrons. The van der Waals surface area contributed by atoms with Gasteiger partial charge in [0.15, 0.2) is 0 Å². The second-order valence-electron chi connectivity index (χ2n) is 9.42. The van der Waals surface area contributed by atoms with Crippen LogP contribution < -0.4 is 0 Å². The molecule has 8 heteroatoms. The Balaban J connectivity index is 1.29. The van der Waals surface area contributed by atoms with Gasteiger partial charge >= 0.3 is 6.09 Å². The van der Waals surface area contributed by atoms with Gasteiger partial charge < -0.3 is 18.9 Å². The molecule has 3 fully saturated rings. The van der Waals surface area contributed by atoms with Gasteiger partial charge in [0.05, 0.1) is 41.1 Å². The Bertz CT molecular complexity index is 974. The van der Waals surface area contributed by atoms with Crippen molar-refractivity contribution < 1.29 is 18.7 Å². The summed E-state index contributed by atoms with van der Waals surface area (Å²) in [4.78, 5) is 18.8. The van der Waals surface area contributed by atoms with Gasteiger partial charge in [-0.05, 0) is 57.4 Å². The topological polar surface area (TPSA) is 56.6 Å². The number of nitrogens with zero attached hydrogens (tertiary/aromatic N) is 3. The summed E-state index contributed by atoms with van der Waals surface area (Å²) in [6.07, 6.45) is 7.33. The molecule has 6 nitrogen and oxygen atoms in total. The van der Waals surface area contributed by atoms with E-state index in [1.165, 1.54) is 6.07 Å². The number of fused-ring (bicyclic) bond motifs is 1. The van der Waals surface area contributed by atoms with E-state index >= 15 is 0 Å². The van der Waals surface area contributed by atoms with Crippen molar-refractivity contribution in [3.05, 3.63) is 29.3 Å². The number of carbonyl (C=O) groups excluding carboxylic acids is 1. The van der Waals surface area contributed by atoms with Crippen LogP contribution in [0.2, 0.25) is 5.02 Å². The highest BCUT2D eigenvalue weighted by Crippen LogP contribution is 2.41. The standard InChI is InChI=1S/C22H27ClFN3O3/c1-21(5-3-7-29-21)12-27-13-22(30-20(27)28)6-2-4-15(10-22)11-26-14-25-18-9-17(24)16(23)8-19(18)26/h8-9,14-15H,2-7,10-13H2,1H3/t15-,21?,22-/m0/s1. The van der Waals surface area contributed by atoms with Gasteiger partial charge in [0, 0.05) is 19.2 Å². The number of ether oxygens (including phenoxy) is 2. The van der Waals surface area contributed by atoms with Crippen LogP contribution in [0.25, 0.3) is 11.0 Å². The summed E-state index contributed by atoms with van der Waals surface area (Å²) in [6, 6.07) is 3.01. The molecule has 0 N–H and O–H groups in total. The van der Waals surface area contributed by atoms with Crippen LogP contribution in [0.15, 0.2) is 18.5 Å². The average Bonchev–Trinajstić information content (AvgIpc) is 3.36. The summed E-state index contributed by atoms with van der Waals surface area (Å²) in [5, 5.41) is 0.104. The third-order valence-electron chi connectivity index (χ3n) is 6.89. The Morgan fingerprint density at radius 1 is 1.33 bits per heavy atom. The van der Waals surface area contributed by atoms with Crippen molar-refractivity contribution in [2.24, 2.45) is 5.92 Å². The van der Waals surface area contributed by atoms with E-state index in [0.717, 1.165) is 57.2 Å². The van der Waals surface area contributed by atoms with E-state index < -0.39 is 11.4 Å². The monoisotopic (exact) mass is 435 g/mol. The number of hydrogen-bond donors (Lipinski definition) is 0. The van der Waals surface area contributed by atoms with E-state index in [1.807, 2.05) is 9.47 Å². The molecule has 2 saturated heterocycles. The Labute approximate surface area is 180 Å². The minimum absolute atomic E-state index is 0.104. The smallest absolute Gasteiger partial charge is 0.410 e. The SMILES string of the molecule is CC1(CN2C[C@@]3(CCC[C@H](Cn4cnc5cc(F)c(Cl)cc54)C3)OC2=O)CCCO1. The summed E-state index contributed by atoms with van der Waals surface area (Å²) in [5.41, 5.74) is 0.751. The fraction of sp³-hybridized carbons (Fsp3) is 0.636. The molecular formula is C22H27ClFN3O3. The van der Waals surface area contributed by atoms with E-state index in [4.69, 9.17) is 21.1 Å². The summed E-state index contributed by atoms with van der Waals surface area (Å²) >= 11 is 5.98. The number of imidazole rings is 1. The molecule has 2 aromatic rings. The van der Waals surface area contributed by atoms with Crippen molar-refractivity contribution in [1.29, 1.82) is 0 Å². The number of benzene rings is 1. The van der Waals surface area contributed by atoms with Gasteiger partial charge in [-0.3, -0.25) is 0 Å². The van der Waals surface area contributed by atoms with Crippen LogP contribution in [0.3, 0.4) is 0 Å². The molecule has 0 bridgehead atoms. The maximum atomic E-state index is 13.7. The van der Waals surface area contributed by atoms with Crippen molar-refractivity contribution in [3.8, 4) is 0 Å². The Kier molecular flexibility index (Phi) is 4.93. The molecule has 3 atom stereocenters. The van der Waals surface area contributed by atoms with Crippen molar-refractivity contribution in [2.45, 2.75) is 63.2 Å². The highest BCUT2D eigenvalue weighted by Gasteiger charge is 2.49. The molecule has 1 spiro atoms. The number of rotatable bonds is 4. The van der Waals surface area contributed by atoms with Gasteiger partial charge in [-0.2, -0.15) is 0 Å². The molecule has 5 rings (SSSR count). The largest absolute Gasteiger partial charge is 0.441 e. The number of hydrogen-bond acceptors (Lipinski definition) is 4. The first-order valence-electron chi connectivity index (χ1n) is 10.8. The predicted molar refractivity (Wildman–Crippen MR) is 111 cm³/mol. The van der Waals surface area contributed by atoms with E-state index in [0.29, 0.717) is 24.5 Å². The van der Waals surface area contributed by atoms with Gasteiger partial charge in [-0.25, -0.2) is 14.2 Å². The zero-order valence-electron chi connectivity index (χ0n) is 17.2. The van der Waals surface area contributed by atoms with Crippen LogP contribution >= 0.6 is 11.6 Å². The molecule has 162 valence electrons. The highest BCUT2D eigenvalue weighted by atomic mass is 35.5. The molecule has 3 aliphatic rings. The lowest BCUT2D eigenvalue weighted by Crippen LogP contribution is -2.44. The van der Waals surface area contributed by atoms with Gasteiger partial charge in [0.1, 0.15) is 11.4 Å². The Morgan fingerprint density at radius 2 is 2.20 bits per heavy atom. The first kappa shape index (κ1) is 20.1. The third-order valence-corrected chi connectivity index (χ3v) is 7.18. The quantitative estimate of drug-likeness (QED) is 0.693. The lowest BCUT2D eigenvalue weighted by Gasteiger charge is -2.36. The zero-order valence-corrected chi connectivity index (χ0v) is 18.0. The van der Waals surface area contributed by atoms with Crippen LogP contribution in [0.1, 0.15) is 45.4 Å². The fourth-order valence-electron chi connectivity index (χ4n) is 5.49. The van der Waals surface area contributed by atoms with Gasteiger partial charge in [-0.15, -0.1) is 0 Å². The minimum atomic E-state index is -0.455. The van der Waals surface area contributed by atoms with Crippen molar-refractivity contribution >= 4 is 28.7 Å². The zero-order chi connectivity index (χ0) is 20.9. The molecule has 2 aliphatic heterocycles. The van der Waals surface area contributed by atoms with E-state index in [1.54, 1.807) is 12.4 Å². The first-order valence-corrected chi connectivity index (χ1v) is 11.1. The maximum Gasteiger partial charge on any atom is 0.410 e. The Morgan fingerprint density at radius 3 is 3.00 bits per heavy atom. The lowest BCUT2D eigenvalue weighted by molar-refractivity contribution is -0.00120. The van der Waals surface area contributed by atoms with Gasteiger partial charge in [0.2, 0.25) is 0 Å². The van der Waals surface area contributed by atoms with Gasteiger partial charge in [-0.1, -0.05) is 11.6 Å². The lowest BCUT2D eigenvalue weighted by atomic mass is 9.78. The van der Waals surface area contributed by atoms with Crippen LogP contribution in [-0.4, -0.2) is 51.4 Å². The van der Waals surface area contributed by atoms with Crippen LogP contribution in [0.4, 0.5) is 9.18 Å². The van der Waals surface area contributed by atoms with E-state index in [9.17, 15) is 9.18 Å². The van der Waals surface area contributed by atoms with Crippen molar-refractivity contribution in [1.82, 2.24) is 14.5 Å². The minimum Gasteiger partial charge on any atom is -0.441 e. The average molecular weight is 436 g/mol. The molecule has 1 aromatic carbocycles. The number of aromatic nitrogens is 2. The second kappa shape index (κ2) is 7.38. The molecule has 1 aromatic heterocycles. The normalized spacial score (nSPS) is 31.8. The number of carbonyl (C=O) groups is 1. The van der Waals surface area contributed by atoms with E-state index in [-0.39, 0.29) is 16.7 Å². The summed E-state index contributed by atoms with van der Waals surface area (Å²) < 4.78 is 27.6. The molecule has 1 aliphatic carbocycles. The summed E-state index contributed by atoms with van der Waals surface area (Å²) in [5.74, 6) is -0.102. The Hall–Kier alpha value is -1.86. The summed E-state index contributed by atoms with van der Waals surface area (Å²) in [6.45, 7) is 4.81. The number of amides is 1. The second-order valence-corrected chi connectivity index (χ2v) is 9.83.